The molecule has 6 nitrogen and oxygen atoms in total. The molecule has 27 heavy (non-hydrogen) atoms. The Bertz CT molecular complexity index is 793. The predicted octanol–water partition coefficient (Wildman–Crippen LogP) is 2.15. The van der Waals surface area contributed by atoms with Gasteiger partial charge in [0, 0.05) is 23.3 Å². The van der Waals surface area contributed by atoms with Crippen molar-refractivity contribution in [2.45, 2.75) is 31.8 Å². The topological polar surface area (TPSA) is 95.5 Å². The van der Waals surface area contributed by atoms with E-state index < -0.39 is 24.0 Å². The van der Waals surface area contributed by atoms with E-state index in [2.05, 4.69) is 33.2 Å². The first-order valence-corrected chi connectivity index (χ1v) is 9.51. The van der Waals surface area contributed by atoms with Crippen molar-refractivity contribution in [3.05, 3.63) is 69.3 Å². The summed E-state index contributed by atoms with van der Waals surface area (Å²) in [7, 11) is 0. The predicted molar refractivity (Wildman–Crippen MR) is 110 cm³/mol. The van der Waals surface area contributed by atoms with Gasteiger partial charge in [-0.2, -0.15) is 0 Å². The van der Waals surface area contributed by atoms with Crippen molar-refractivity contribution in [2.75, 3.05) is 0 Å². The lowest BCUT2D eigenvalue weighted by Gasteiger charge is -2.21. The van der Waals surface area contributed by atoms with Gasteiger partial charge in [0.2, 0.25) is 11.8 Å². The molecule has 0 aromatic heterocycles. The van der Waals surface area contributed by atoms with Crippen LogP contribution in [-0.4, -0.2) is 35.0 Å². The molecule has 2 amide bonds. The van der Waals surface area contributed by atoms with Crippen LogP contribution >= 0.6 is 22.6 Å². The Labute approximate surface area is 171 Å². The minimum absolute atomic E-state index is 0.163. The molecule has 0 heterocycles. The number of halogens is 1. The number of hydrogen-bond acceptors (Lipinski definition) is 3. The van der Waals surface area contributed by atoms with E-state index in [4.69, 9.17) is 0 Å². The number of nitrogens with one attached hydrogen (secondary N) is 2. The molecule has 0 aliphatic heterocycles. The number of carboxylic acids is 1. The zero-order valence-electron chi connectivity index (χ0n) is 14.8. The van der Waals surface area contributed by atoms with E-state index in [9.17, 15) is 19.5 Å². The van der Waals surface area contributed by atoms with Gasteiger partial charge in [-0.3, -0.25) is 9.59 Å². The second-order valence-corrected chi connectivity index (χ2v) is 7.42. The zero-order valence-corrected chi connectivity index (χ0v) is 17.0. The van der Waals surface area contributed by atoms with E-state index >= 15 is 0 Å². The molecule has 2 aromatic rings. The van der Waals surface area contributed by atoms with Crippen LogP contribution in [-0.2, 0) is 27.2 Å². The second kappa shape index (κ2) is 10.1. The van der Waals surface area contributed by atoms with E-state index in [1.165, 1.54) is 6.92 Å². The fourth-order valence-electron chi connectivity index (χ4n) is 2.63. The molecular weight excluding hydrogens is 459 g/mol. The number of amides is 2. The molecule has 0 unspecified atom stereocenters. The molecular formula is C20H21IN2O4. The first-order valence-electron chi connectivity index (χ1n) is 8.44. The summed E-state index contributed by atoms with van der Waals surface area (Å²) in [5.41, 5.74) is 1.68. The summed E-state index contributed by atoms with van der Waals surface area (Å²) in [5.74, 6) is -1.99. The van der Waals surface area contributed by atoms with Crippen molar-refractivity contribution >= 4 is 40.4 Å². The summed E-state index contributed by atoms with van der Waals surface area (Å²) >= 11 is 2.17. The molecule has 0 spiro atoms. The van der Waals surface area contributed by atoms with E-state index in [0.717, 1.165) is 14.7 Å². The molecule has 0 saturated heterocycles. The van der Waals surface area contributed by atoms with E-state index in [0.29, 0.717) is 0 Å². The average molecular weight is 480 g/mol. The van der Waals surface area contributed by atoms with E-state index in [1.54, 1.807) is 0 Å². The third kappa shape index (κ3) is 7.01. The molecule has 0 fully saturated rings. The smallest absolute Gasteiger partial charge is 0.326 e. The fraction of sp³-hybridized carbons (Fsp3) is 0.250. The van der Waals surface area contributed by atoms with Crippen molar-refractivity contribution in [2.24, 2.45) is 0 Å². The summed E-state index contributed by atoms with van der Waals surface area (Å²) in [5, 5.41) is 14.6. The number of carbonyl (C=O) groups excluding carboxylic acids is 2. The number of carboxylic acid groups (broad SMARTS) is 1. The van der Waals surface area contributed by atoms with E-state index in [1.807, 2.05) is 54.6 Å². The van der Waals surface area contributed by atoms with Gasteiger partial charge in [-0.05, 0) is 45.9 Å². The van der Waals surface area contributed by atoms with Gasteiger partial charge in [0.05, 0.1) is 0 Å². The summed E-state index contributed by atoms with van der Waals surface area (Å²) < 4.78 is 1.04. The van der Waals surface area contributed by atoms with Crippen molar-refractivity contribution in [1.82, 2.24) is 10.6 Å². The van der Waals surface area contributed by atoms with E-state index in [-0.39, 0.29) is 18.7 Å². The Morgan fingerprint density at radius 3 is 2.00 bits per heavy atom. The van der Waals surface area contributed by atoms with Crippen LogP contribution in [0.3, 0.4) is 0 Å². The lowest BCUT2D eigenvalue weighted by molar-refractivity contribution is -0.142. The molecule has 0 bridgehead atoms. The number of benzene rings is 2. The Kier molecular flexibility index (Phi) is 7.78. The van der Waals surface area contributed by atoms with Gasteiger partial charge >= 0.3 is 5.97 Å². The van der Waals surface area contributed by atoms with Crippen LogP contribution in [0.5, 0.6) is 0 Å². The standard InChI is InChI=1S/C20H21IN2O4/c1-13(24)22-17(11-14-5-3-2-4-6-14)19(25)23-18(20(26)27)12-15-7-9-16(21)10-8-15/h2-10,17-18H,11-12H2,1H3,(H,22,24)(H,23,25)(H,26,27)/t17-,18-/m1/s1. The zero-order chi connectivity index (χ0) is 19.8. The fourth-order valence-corrected chi connectivity index (χ4v) is 2.99. The largest absolute Gasteiger partial charge is 0.480 e. The lowest BCUT2D eigenvalue weighted by atomic mass is 10.0. The van der Waals surface area contributed by atoms with Crippen LogP contribution in [0.2, 0.25) is 0 Å². The Balaban J connectivity index is 2.10. The third-order valence-electron chi connectivity index (χ3n) is 3.94. The van der Waals surface area contributed by atoms with Crippen LogP contribution in [0.1, 0.15) is 18.1 Å². The van der Waals surface area contributed by atoms with Gasteiger partial charge in [0.15, 0.2) is 0 Å². The highest BCUT2D eigenvalue weighted by molar-refractivity contribution is 14.1. The van der Waals surface area contributed by atoms with Crippen molar-refractivity contribution < 1.29 is 19.5 Å². The molecule has 0 radical (unpaired) electrons. The normalized spacial score (nSPS) is 12.7. The highest BCUT2D eigenvalue weighted by atomic mass is 127. The summed E-state index contributed by atoms with van der Waals surface area (Å²) in [4.78, 5) is 35.7. The van der Waals surface area contributed by atoms with Gasteiger partial charge in [0.25, 0.3) is 0 Å². The summed E-state index contributed by atoms with van der Waals surface area (Å²) in [6.07, 6.45) is 0.443. The average Bonchev–Trinajstić information content (AvgIpc) is 2.62. The number of aliphatic carboxylic acids is 1. The van der Waals surface area contributed by atoms with Crippen LogP contribution in [0.25, 0.3) is 0 Å². The SMILES string of the molecule is CC(=O)N[C@H](Cc1ccccc1)C(=O)N[C@H](Cc1ccc(I)cc1)C(=O)O. The van der Waals surface area contributed by atoms with Gasteiger partial charge in [-0.15, -0.1) is 0 Å². The Morgan fingerprint density at radius 2 is 1.44 bits per heavy atom. The maximum absolute atomic E-state index is 12.7. The monoisotopic (exact) mass is 480 g/mol. The van der Waals surface area contributed by atoms with Gasteiger partial charge in [0.1, 0.15) is 12.1 Å². The molecule has 0 saturated carbocycles. The van der Waals surface area contributed by atoms with Gasteiger partial charge in [-0.1, -0.05) is 42.5 Å². The maximum Gasteiger partial charge on any atom is 0.326 e. The molecule has 7 heteroatoms. The number of carbonyl (C=O) groups is 3. The highest BCUT2D eigenvalue weighted by Gasteiger charge is 2.26. The van der Waals surface area contributed by atoms with Crippen LogP contribution in [0.4, 0.5) is 0 Å². The minimum atomic E-state index is -1.12. The Morgan fingerprint density at radius 1 is 0.889 bits per heavy atom. The first kappa shape index (κ1) is 20.9. The molecule has 2 rings (SSSR count). The molecule has 0 aliphatic rings. The van der Waals surface area contributed by atoms with Crippen molar-refractivity contribution in [1.29, 1.82) is 0 Å². The third-order valence-corrected chi connectivity index (χ3v) is 4.66. The summed E-state index contributed by atoms with van der Waals surface area (Å²) in [6, 6.07) is 14.7. The van der Waals surface area contributed by atoms with Crippen LogP contribution in [0.15, 0.2) is 54.6 Å². The van der Waals surface area contributed by atoms with Crippen molar-refractivity contribution in [3.8, 4) is 0 Å². The van der Waals surface area contributed by atoms with Crippen LogP contribution < -0.4 is 10.6 Å². The molecule has 142 valence electrons. The lowest BCUT2D eigenvalue weighted by Crippen LogP contribution is -2.52. The first-order chi connectivity index (χ1) is 12.8. The maximum atomic E-state index is 12.7. The quantitative estimate of drug-likeness (QED) is 0.505. The molecule has 3 N–H and O–H groups in total. The summed E-state index contributed by atoms with van der Waals surface area (Å²) in [6.45, 7) is 1.32. The van der Waals surface area contributed by atoms with Crippen molar-refractivity contribution in [3.63, 3.8) is 0 Å². The van der Waals surface area contributed by atoms with Gasteiger partial charge in [-0.25, -0.2) is 4.79 Å². The molecule has 0 aliphatic carbocycles. The number of hydrogen-bond donors (Lipinski definition) is 3. The van der Waals surface area contributed by atoms with Crippen LogP contribution in [0, 0.1) is 3.57 Å². The molecule has 2 atom stereocenters. The minimum Gasteiger partial charge on any atom is -0.480 e. The highest BCUT2D eigenvalue weighted by Crippen LogP contribution is 2.10. The Hall–Kier alpha value is -2.42. The van der Waals surface area contributed by atoms with Gasteiger partial charge < -0.3 is 15.7 Å². The second-order valence-electron chi connectivity index (χ2n) is 6.17. The number of rotatable bonds is 8. The molecule has 2 aromatic carbocycles.